The van der Waals surface area contributed by atoms with Crippen LogP contribution in [0.2, 0.25) is 0 Å². The van der Waals surface area contributed by atoms with E-state index in [9.17, 15) is 4.79 Å². The fourth-order valence-electron chi connectivity index (χ4n) is 3.18. The van der Waals surface area contributed by atoms with Gasteiger partial charge >= 0.3 is 5.97 Å². The number of hydrogen-bond donors (Lipinski definition) is 1. The molecular weight excluding hydrogens is 314 g/mol. The van der Waals surface area contributed by atoms with Crippen molar-refractivity contribution < 1.29 is 9.53 Å². The second kappa shape index (κ2) is 8.74. The molecule has 1 saturated heterocycles. The van der Waals surface area contributed by atoms with Gasteiger partial charge in [0.25, 0.3) is 0 Å². The average Bonchev–Trinajstić information content (AvgIpc) is 2.68. The molecule has 2 aromatic rings. The molecule has 1 aromatic heterocycles. The van der Waals surface area contributed by atoms with Gasteiger partial charge in [-0.25, -0.2) is 4.79 Å². The first-order valence-corrected chi connectivity index (χ1v) is 8.76. The van der Waals surface area contributed by atoms with Gasteiger partial charge in [0.1, 0.15) is 0 Å². The molecule has 1 aromatic carbocycles. The van der Waals surface area contributed by atoms with Crippen LogP contribution in [0.15, 0.2) is 48.8 Å². The smallest absolute Gasteiger partial charge is 0.337 e. The highest BCUT2D eigenvalue weighted by Crippen LogP contribution is 2.15. The molecule has 1 N–H and O–H groups in total. The van der Waals surface area contributed by atoms with E-state index in [-0.39, 0.29) is 5.97 Å². The Balaban J connectivity index is 1.42. The molecule has 5 nitrogen and oxygen atoms in total. The van der Waals surface area contributed by atoms with Crippen LogP contribution in [-0.4, -0.2) is 42.1 Å². The molecule has 132 valence electrons. The number of nitrogens with zero attached hydrogens (tertiary/aromatic N) is 2. The summed E-state index contributed by atoms with van der Waals surface area (Å²) in [5.74, 6) is -0.285. The second-order valence-corrected chi connectivity index (χ2v) is 6.48. The number of carbonyl (C=O) groups excluding carboxylic acids is 1. The van der Waals surface area contributed by atoms with Crippen molar-refractivity contribution in [3.63, 3.8) is 0 Å². The third-order valence-electron chi connectivity index (χ3n) is 4.69. The van der Waals surface area contributed by atoms with Gasteiger partial charge in [0.2, 0.25) is 0 Å². The summed E-state index contributed by atoms with van der Waals surface area (Å²) in [4.78, 5) is 18.1. The van der Waals surface area contributed by atoms with E-state index in [1.54, 1.807) is 6.20 Å². The number of carbonyl (C=O) groups is 1. The van der Waals surface area contributed by atoms with Crippen molar-refractivity contribution in [2.24, 2.45) is 0 Å². The molecule has 5 heteroatoms. The highest BCUT2D eigenvalue weighted by molar-refractivity contribution is 5.89. The Morgan fingerprint density at radius 1 is 1.20 bits per heavy atom. The molecule has 0 atom stereocenters. The fourth-order valence-corrected chi connectivity index (χ4v) is 3.18. The minimum Gasteiger partial charge on any atom is -0.465 e. The van der Waals surface area contributed by atoms with Crippen molar-refractivity contribution in [3.05, 3.63) is 65.5 Å². The third kappa shape index (κ3) is 5.11. The summed E-state index contributed by atoms with van der Waals surface area (Å²) in [6, 6.07) is 12.3. The lowest BCUT2D eigenvalue weighted by molar-refractivity contribution is 0.0600. The Hall–Kier alpha value is -2.24. The maximum Gasteiger partial charge on any atom is 0.337 e. The molecule has 1 aliphatic rings. The number of nitrogens with one attached hydrogen (secondary N) is 1. The number of likely N-dealkylation sites (tertiary alicyclic amines) is 1. The third-order valence-corrected chi connectivity index (χ3v) is 4.69. The van der Waals surface area contributed by atoms with Gasteiger partial charge in [-0.15, -0.1) is 0 Å². The summed E-state index contributed by atoms with van der Waals surface area (Å²) >= 11 is 0. The fraction of sp³-hybridized carbons (Fsp3) is 0.400. The number of rotatable bonds is 6. The molecule has 0 bridgehead atoms. The first kappa shape index (κ1) is 17.6. The van der Waals surface area contributed by atoms with Gasteiger partial charge in [0, 0.05) is 31.5 Å². The van der Waals surface area contributed by atoms with Gasteiger partial charge in [0.15, 0.2) is 0 Å². The van der Waals surface area contributed by atoms with Crippen molar-refractivity contribution in [1.29, 1.82) is 0 Å². The zero-order chi connectivity index (χ0) is 17.5. The van der Waals surface area contributed by atoms with Crippen LogP contribution in [0.4, 0.5) is 0 Å². The number of benzene rings is 1. The van der Waals surface area contributed by atoms with Gasteiger partial charge in [-0.2, -0.15) is 0 Å². The van der Waals surface area contributed by atoms with Crippen molar-refractivity contribution in [2.75, 3.05) is 20.2 Å². The van der Waals surface area contributed by atoms with Crippen LogP contribution in [0.3, 0.4) is 0 Å². The van der Waals surface area contributed by atoms with E-state index in [4.69, 9.17) is 4.74 Å². The summed E-state index contributed by atoms with van der Waals surface area (Å²) in [7, 11) is 1.41. The van der Waals surface area contributed by atoms with Crippen LogP contribution in [-0.2, 0) is 17.8 Å². The Morgan fingerprint density at radius 2 is 1.96 bits per heavy atom. The SMILES string of the molecule is COC(=O)c1ccc(CN2CCC(NCc3cccnc3)CC2)cc1. The second-order valence-electron chi connectivity index (χ2n) is 6.48. The number of aromatic nitrogens is 1. The van der Waals surface area contributed by atoms with Gasteiger partial charge in [-0.05, 0) is 55.3 Å². The van der Waals surface area contributed by atoms with Crippen LogP contribution < -0.4 is 5.32 Å². The van der Waals surface area contributed by atoms with Crippen molar-refractivity contribution in [3.8, 4) is 0 Å². The molecule has 0 saturated carbocycles. The maximum absolute atomic E-state index is 11.5. The van der Waals surface area contributed by atoms with Crippen LogP contribution in [0.25, 0.3) is 0 Å². The number of ether oxygens (including phenoxy) is 1. The summed E-state index contributed by atoms with van der Waals surface area (Å²) in [5, 5.41) is 3.63. The van der Waals surface area contributed by atoms with Crippen LogP contribution >= 0.6 is 0 Å². The molecule has 0 radical (unpaired) electrons. The lowest BCUT2D eigenvalue weighted by Gasteiger charge is -2.32. The molecule has 0 spiro atoms. The van der Waals surface area contributed by atoms with Crippen molar-refractivity contribution >= 4 is 5.97 Å². The predicted molar refractivity (Wildman–Crippen MR) is 97.2 cm³/mol. The standard InChI is InChI=1S/C20H25N3O2/c1-25-20(24)18-6-4-16(5-7-18)15-23-11-8-19(9-12-23)22-14-17-3-2-10-21-13-17/h2-7,10,13,19,22H,8-9,11-12,14-15H2,1H3. The number of hydrogen-bond acceptors (Lipinski definition) is 5. The molecular formula is C20H25N3O2. The molecule has 0 aliphatic carbocycles. The van der Waals surface area contributed by atoms with E-state index in [1.807, 2.05) is 36.5 Å². The van der Waals surface area contributed by atoms with E-state index in [1.165, 1.54) is 18.2 Å². The molecule has 0 unspecified atom stereocenters. The van der Waals surface area contributed by atoms with Gasteiger partial charge < -0.3 is 10.1 Å². The van der Waals surface area contributed by atoms with E-state index >= 15 is 0 Å². The van der Waals surface area contributed by atoms with E-state index in [0.29, 0.717) is 11.6 Å². The first-order chi connectivity index (χ1) is 12.2. The molecule has 3 rings (SSSR count). The maximum atomic E-state index is 11.5. The highest BCUT2D eigenvalue weighted by atomic mass is 16.5. The Morgan fingerprint density at radius 3 is 2.60 bits per heavy atom. The number of piperidine rings is 1. The predicted octanol–water partition coefficient (Wildman–Crippen LogP) is 2.62. The number of pyridine rings is 1. The van der Waals surface area contributed by atoms with Gasteiger partial charge in [0.05, 0.1) is 12.7 Å². The summed E-state index contributed by atoms with van der Waals surface area (Å²) in [6.45, 7) is 3.98. The Kier molecular flexibility index (Phi) is 6.14. The van der Waals surface area contributed by atoms with Crippen molar-refractivity contribution in [2.45, 2.75) is 32.0 Å². The van der Waals surface area contributed by atoms with E-state index in [0.717, 1.165) is 39.0 Å². The quantitative estimate of drug-likeness (QED) is 0.820. The average molecular weight is 339 g/mol. The minimum atomic E-state index is -0.285. The van der Waals surface area contributed by atoms with Crippen LogP contribution in [0.1, 0.15) is 34.3 Å². The lowest BCUT2D eigenvalue weighted by atomic mass is 10.0. The zero-order valence-electron chi connectivity index (χ0n) is 14.6. The first-order valence-electron chi connectivity index (χ1n) is 8.76. The molecule has 0 amide bonds. The summed E-state index contributed by atoms with van der Waals surface area (Å²) < 4.78 is 4.73. The molecule has 1 fully saturated rings. The van der Waals surface area contributed by atoms with Gasteiger partial charge in [-0.1, -0.05) is 18.2 Å². The summed E-state index contributed by atoms with van der Waals surface area (Å²) in [5.41, 5.74) is 3.06. The Bertz CT molecular complexity index is 665. The van der Waals surface area contributed by atoms with Crippen LogP contribution in [0, 0.1) is 0 Å². The Labute approximate surface area is 149 Å². The molecule has 2 heterocycles. The number of methoxy groups -OCH3 is 1. The monoisotopic (exact) mass is 339 g/mol. The largest absolute Gasteiger partial charge is 0.465 e. The normalized spacial score (nSPS) is 15.9. The summed E-state index contributed by atoms with van der Waals surface area (Å²) in [6.07, 6.45) is 6.03. The van der Waals surface area contributed by atoms with Gasteiger partial charge in [-0.3, -0.25) is 9.88 Å². The lowest BCUT2D eigenvalue weighted by Crippen LogP contribution is -2.41. The highest BCUT2D eigenvalue weighted by Gasteiger charge is 2.18. The molecule has 1 aliphatic heterocycles. The topological polar surface area (TPSA) is 54.5 Å². The molecule has 25 heavy (non-hydrogen) atoms. The van der Waals surface area contributed by atoms with Crippen molar-refractivity contribution in [1.82, 2.24) is 15.2 Å². The van der Waals surface area contributed by atoms with E-state index in [2.05, 4.69) is 21.3 Å². The van der Waals surface area contributed by atoms with Crippen LogP contribution in [0.5, 0.6) is 0 Å². The number of esters is 1. The zero-order valence-corrected chi connectivity index (χ0v) is 14.6. The van der Waals surface area contributed by atoms with E-state index < -0.39 is 0 Å². The minimum absolute atomic E-state index is 0.285.